The Kier molecular flexibility index (Phi) is 5.30. The van der Waals surface area contributed by atoms with E-state index in [1.165, 1.54) is 0 Å². The summed E-state index contributed by atoms with van der Waals surface area (Å²) in [5.74, 6) is 0.145. The van der Waals surface area contributed by atoms with Crippen LogP contribution in [0.3, 0.4) is 0 Å². The molecule has 3 rings (SSSR count). The molecule has 1 amide bonds. The number of aryl methyl sites for hydroxylation is 1. The molecule has 1 aromatic heterocycles. The number of carbonyl (C=O) groups is 1. The zero-order valence-corrected chi connectivity index (χ0v) is 14.5. The Morgan fingerprint density at radius 3 is 2.58 bits per heavy atom. The molecule has 24 heavy (non-hydrogen) atoms. The van der Waals surface area contributed by atoms with Crippen LogP contribution in [-0.4, -0.2) is 46.3 Å². The highest BCUT2D eigenvalue weighted by Crippen LogP contribution is 2.18. The maximum Gasteiger partial charge on any atom is 0.254 e. The lowest BCUT2D eigenvalue weighted by atomic mass is 10.0. The van der Waals surface area contributed by atoms with Crippen molar-refractivity contribution in [1.29, 1.82) is 0 Å². The molecule has 1 N–H and O–H groups in total. The van der Waals surface area contributed by atoms with Crippen LogP contribution < -0.4 is 5.32 Å². The number of nitrogens with zero attached hydrogens (tertiary/aromatic N) is 3. The minimum atomic E-state index is 0.145. The predicted octanol–water partition coefficient (Wildman–Crippen LogP) is 2.78. The number of aromatic nitrogens is 2. The maximum absolute atomic E-state index is 13.0. The predicted molar refractivity (Wildman–Crippen MR) is 95.5 cm³/mol. The smallest absolute Gasteiger partial charge is 0.254 e. The number of piperidine rings is 1. The van der Waals surface area contributed by atoms with Crippen molar-refractivity contribution in [2.45, 2.75) is 39.2 Å². The summed E-state index contributed by atoms with van der Waals surface area (Å²) in [6, 6.07) is 8.11. The number of carbonyl (C=O) groups excluding carboxylic acids is 1. The van der Waals surface area contributed by atoms with Gasteiger partial charge in [0.25, 0.3) is 5.91 Å². The second-order valence-corrected chi connectivity index (χ2v) is 6.49. The quantitative estimate of drug-likeness (QED) is 0.919. The van der Waals surface area contributed by atoms with Gasteiger partial charge in [0, 0.05) is 24.3 Å². The summed E-state index contributed by atoms with van der Waals surface area (Å²) in [5, 5.41) is 7.68. The summed E-state index contributed by atoms with van der Waals surface area (Å²) in [6.07, 6.45) is 6.88. The number of nitrogens with one attached hydrogen (secondary N) is 1. The van der Waals surface area contributed by atoms with Crippen LogP contribution in [0.15, 0.2) is 36.7 Å². The van der Waals surface area contributed by atoms with E-state index in [2.05, 4.69) is 22.2 Å². The molecule has 1 aliphatic heterocycles. The topological polar surface area (TPSA) is 50.2 Å². The zero-order valence-electron chi connectivity index (χ0n) is 14.5. The van der Waals surface area contributed by atoms with Crippen molar-refractivity contribution in [3.63, 3.8) is 0 Å². The van der Waals surface area contributed by atoms with Gasteiger partial charge in [0.1, 0.15) is 0 Å². The van der Waals surface area contributed by atoms with Gasteiger partial charge in [-0.05, 0) is 69.1 Å². The van der Waals surface area contributed by atoms with Crippen molar-refractivity contribution < 1.29 is 4.79 Å². The average molecular weight is 326 g/mol. The molecule has 1 saturated heterocycles. The fourth-order valence-electron chi connectivity index (χ4n) is 3.29. The minimum Gasteiger partial charge on any atom is -0.336 e. The van der Waals surface area contributed by atoms with Crippen LogP contribution in [0.1, 0.15) is 42.1 Å². The van der Waals surface area contributed by atoms with E-state index >= 15 is 0 Å². The van der Waals surface area contributed by atoms with Crippen molar-refractivity contribution in [3.8, 4) is 5.69 Å². The Balaban J connectivity index is 1.76. The molecule has 1 aromatic carbocycles. The molecule has 0 radical (unpaired) electrons. The van der Waals surface area contributed by atoms with E-state index in [0.717, 1.165) is 55.7 Å². The molecule has 1 aliphatic rings. The van der Waals surface area contributed by atoms with Crippen molar-refractivity contribution in [1.82, 2.24) is 20.0 Å². The van der Waals surface area contributed by atoms with E-state index in [9.17, 15) is 4.79 Å². The van der Waals surface area contributed by atoms with Crippen LogP contribution in [0.4, 0.5) is 0 Å². The highest BCUT2D eigenvalue weighted by molar-refractivity contribution is 5.94. The molecule has 1 fully saturated rings. The van der Waals surface area contributed by atoms with Gasteiger partial charge in [-0.3, -0.25) is 4.79 Å². The highest BCUT2D eigenvalue weighted by Gasteiger charge is 2.25. The summed E-state index contributed by atoms with van der Waals surface area (Å²) >= 11 is 0. The van der Waals surface area contributed by atoms with Crippen molar-refractivity contribution in [3.05, 3.63) is 47.8 Å². The van der Waals surface area contributed by atoms with E-state index in [-0.39, 0.29) is 5.91 Å². The molecule has 0 saturated carbocycles. The molecule has 0 atom stereocenters. The van der Waals surface area contributed by atoms with Gasteiger partial charge >= 0.3 is 0 Å². The molecule has 5 nitrogen and oxygen atoms in total. The third kappa shape index (κ3) is 3.67. The molecule has 2 aromatic rings. The Bertz CT molecular complexity index is 671. The molecule has 5 heteroatoms. The lowest BCUT2D eigenvalue weighted by Crippen LogP contribution is -2.46. The molecule has 0 unspecified atom stereocenters. The first kappa shape index (κ1) is 16.7. The first-order valence-electron chi connectivity index (χ1n) is 8.82. The fraction of sp³-hybridized carbons (Fsp3) is 0.474. The van der Waals surface area contributed by atoms with Crippen molar-refractivity contribution in [2.75, 3.05) is 19.6 Å². The fourth-order valence-corrected chi connectivity index (χ4v) is 3.29. The lowest BCUT2D eigenvalue weighted by molar-refractivity contribution is 0.0642. The second kappa shape index (κ2) is 7.62. The molecular weight excluding hydrogens is 300 g/mol. The Morgan fingerprint density at radius 1 is 1.29 bits per heavy atom. The zero-order chi connectivity index (χ0) is 16.9. The number of amides is 1. The van der Waals surface area contributed by atoms with E-state index in [0.29, 0.717) is 6.04 Å². The van der Waals surface area contributed by atoms with Crippen LogP contribution in [0.2, 0.25) is 0 Å². The van der Waals surface area contributed by atoms with Crippen LogP contribution in [0, 0.1) is 6.92 Å². The Morgan fingerprint density at radius 2 is 2.00 bits per heavy atom. The largest absolute Gasteiger partial charge is 0.336 e. The molecular formula is C19H26N4O. The van der Waals surface area contributed by atoms with Crippen molar-refractivity contribution >= 4 is 5.91 Å². The molecule has 128 valence electrons. The average Bonchev–Trinajstić information content (AvgIpc) is 3.06. The highest BCUT2D eigenvalue weighted by atomic mass is 16.2. The van der Waals surface area contributed by atoms with Crippen LogP contribution in [0.25, 0.3) is 5.69 Å². The minimum absolute atomic E-state index is 0.145. The second-order valence-electron chi connectivity index (χ2n) is 6.49. The van der Waals surface area contributed by atoms with E-state index in [1.807, 2.05) is 48.3 Å². The van der Waals surface area contributed by atoms with Gasteiger partial charge in [-0.1, -0.05) is 6.92 Å². The van der Waals surface area contributed by atoms with Gasteiger partial charge < -0.3 is 10.2 Å². The Labute approximate surface area is 143 Å². The van der Waals surface area contributed by atoms with Gasteiger partial charge in [-0.15, -0.1) is 0 Å². The van der Waals surface area contributed by atoms with Gasteiger partial charge in [-0.2, -0.15) is 5.10 Å². The molecule has 2 heterocycles. The molecule has 0 aliphatic carbocycles. The van der Waals surface area contributed by atoms with E-state index in [1.54, 1.807) is 0 Å². The third-order valence-corrected chi connectivity index (χ3v) is 4.57. The summed E-state index contributed by atoms with van der Waals surface area (Å²) < 4.78 is 1.83. The third-order valence-electron chi connectivity index (χ3n) is 4.57. The van der Waals surface area contributed by atoms with Gasteiger partial charge in [0.15, 0.2) is 0 Å². The maximum atomic E-state index is 13.0. The van der Waals surface area contributed by atoms with E-state index < -0.39 is 0 Å². The van der Waals surface area contributed by atoms with Crippen LogP contribution in [0.5, 0.6) is 0 Å². The van der Waals surface area contributed by atoms with Gasteiger partial charge in [0.05, 0.1) is 11.9 Å². The monoisotopic (exact) mass is 326 g/mol. The van der Waals surface area contributed by atoms with Gasteiger partial charge in [-0.25, -0.2) is 4.68 Å². The number of hydrogen-bond acceptors (Lipinski definition) is 3. The van der Waals surface area contributed by atoms with Crippen LogP contribution in [-0.2, 0) is 0 Å². The molecule has 0 spiro atoms. The standard InChI is InChI=1S/C19H26N4O/c1-3-12-22(17-8-10-20-11-9-17)19(24)16-4-6-18(7-5-16)23-14-15(2)13-21-23/h4-7,13-14,17,20H,3,8-12H2,1-2H3. The van der Waals surface area contributed by atoms with Crippen molar-refractivity contribution in [2.24, 2.45) is 0 Å². The van der Waals surface area contributed by atoms with Crippen LogP contribution >= 0.6 is 0 Å². The summed E-state index contributed by atoms with van der Waals surface area (Å²) in [7, 11) is 0. The first-order valence-corrected chi connectivity index (χ1v) is 8.82. The Hall–Kier alpha value is -2.14. The van der Waals surface area contributed by atoms with Gasteiger partial charge in [0.2, 0.25) is 0 Å². The number of hydrogen-bond donors (Lipinski definition) is 1. The summed E-state index contributed by atoms with van der Waals surface area (Å²) in [6.45, 7) is 6.96. The number of rotatable bonds is 5. The first-order chi connectivity index (χ1) is 11.7. The summed E-state index contributed by atoms with van der Waals surface area (Å²) in [4.78, 5) is 15.0. The lowest BCUT2D eigenvalue weighted by Gasteiger charge is -2.34. The normalized spacial score (nSPS) is 15.4. The molecule has 0 bridgehead atoms. The number of benzene rings is 1. The van der Waals surface area contributed by atoms with E-state index in [4.69, 9.17) is 0 Å². The summed E-state index contributed by atoms with van der Waals surface area (Å²) in [5.41, 5.74) is 2.85. The SMILES string of the molecule is CCCN(C(=O)c1ccc(-n2cc(C)cn2)cc1)C1CCNCC1.